The van der Waals surface area contributed by atoms with Crippen LogP contribution in [0.2, 0.25) is 0 Å². The van der Waals surface area contributed by atoms with E-state index in [1.807, 2.05) is 34.6 Å². The Morgan fingerprint density at radius 2 is 1.81 bits per heavy atom. The monoisotopic (exact) mass is 313 g/mol. The summed E-state index contributed by atoms with van der Waals surface area (Å²) in [6, 6.07) is 0. The maximum atomic E-state index is 12.3. The molecule has 0 bridgehead atoms. The molecule has 1 amide bonds. The first-order valence-corrected chi connectivity index (χ1v) is 7.79. The van der Waals surface area contributed by atoms with E-state index in [1.165, 1.54) is 0 Å². The highest BCUT2D eigenvalue weighted by molar-refractivity contribution is 7.08. The lowest BCUT2D eigenvalue weighted by molar-refractivity contribution is -0.149. The molecule has 0 unspecified atom stereocenters. The molecular formula is C14H23N3O3S. The van der Waals surface area contributed by atoms with E-state index < -0.39 is 11.4 Å². The number of carboxylic acids is 1. The van der Waals surface area contributed by atoms with Crippen molar-refractivity contribution < 1.29 is 14.7 Å². The number of carboxylic acid groups (broad SMARTS) is 1. The van der Waals surface area contributed by atoms with Gasteiger partial charge in [-0.2, -0.15) is 0 Å². The van der Waals surface area contributed by atoms with Crippen LogP contribution in [0.25, 0.3) is 0 Å². The van der Waals surface area contributed by atoms with Crippen LogP contribution in [0.4, 0.5) is 0 Å². The summed E-state index contributed by atoms with van der Waals surface area (Å²) in [7, 11) is 0. The number of carbonyl (C=O) groups excluding carboxylic acids is 1. The third-order valence-corrected chi connectivity index (χ3v) is 4.52. The number of carbonyl (C=O) groups is 2. The fraction of sp³-hybridized carbons (Fsp3) is 0.714. The van der Waals surface area contributed by atoms with Crippen LogP contribution in [-0.2, 0) is 10.2 Å². The summed E-state index contributed by atoms with van der Waals surface area (Å²) in [4.78, 5) is 24.2. The lowest BCUT2D eigenvalue weighted by Gasteiger charge is -2.27. The first-order chi connectivity index (χ1) is 9.68. The van der Waals surface area contributed by atoms with Crippen molar-refractivity contribution in [2.24, 2.45) is 5.41 Å². The molecule has 0 aromatic carbocycles. The average Bonchev–Trinajstić information content (AvgIpc) is 2.89. The second-order valence-corrected chi connectivity index (χ2v) is 6.93. The zero-order chi connectivity index (χ0) is 16.3. The fourth-order valence-corrected chi connectivity index (χ4v) is 2.83. The molecule has 1 aromatic heterocycles. The smallest absolute Gasteiger partial charge is 0.311 e. The second-order valence-electron chi connectivity index (χ2n) is 6.18. The molecule has 0 saturated carbocycles. The van der Waals surface area contributed by atoms with Crippen molar-refractivity contribution in [3.63, 3.8) is 0 Å². The van der Waals surface area contributed by atoms with Crippen LogP contribution >= 0.6 is 11.5 Å². The summed E-state index contributed by atoms with van der Waals surface area (Å²) in [5, 5.41) is 16.1. The third kappa shape index (κ3) is 3.78. The van der Waals surface area contributed by atoms with Gasteiger partial charge in [-0.1, -0.05) is 39.1 Å². The van der Waals surface area contributed by atoms with Crippen molar-refractivity contribution in [3.8, 4) is 0 Å². The minimum Gasteiger partial charge on any atom is -0.481 e. The van der Waals surface area contributed by atoms with Gasteiger partial charge in [-0.25, -0.2) is 0 Å². The summed E-state index contributed by atoms with van der Waals surface area (Å²) in [5.74, 6) is -1.19. The molecule has 0 spiro atoms. The molecule has 0 radical (unpaired) electrons. The van der Waals surface area contributed by atoms with Crippen molar-refractivity contribution in [3.05, 3.63) is 10.6 Å². The lowest BCUT2D eigenvalue weighted by Crippen LogP contribution is -2.42. The molecule has 118 valence electrons. The van der Waals surface area contributed by atoms with Crippen molar-refractivity contribution in [2.45, 2.75) is 52.9 Å². The molecule has 0 aliphatic heterocycles. The summed E-state index contributed by atoms with van der Waals surface area (Å²) in [5.41, 5.74) is -0.562. The lowest BCUT2D eigenvalue weighted by atomic mass is 9.82. The van der Waals surface area contributed by atoms with Gasteiger partial charge in [-0.05, 0) is 24.4 Å². The van der Waals surface area contributed by atoms with E-state index in [2.05, 4.69) is 14.9 Å². The Hall–Kier alpha value is -1.50. The van der Waals surface area contributed by atoms with Gasteiger partial charge < -0.3 is 10.4 Å². The maximum absolute atomic E-state index is 12.3. The summed E-state index contributed by atoms with van der Waals surface area (Å²) < 4.78 is 3.84. The van der Waals surface area contributed by atoms with Crippen LogP contribution in [0.5, 0.6) is 0 Å². The molecule has 21 heavy (non-hydrogen) atoms. The van der Waals surface area contributed by atoms with Gasteiger partial charge in [-0.3, -0.25) is 9.59 Å². The molecule has 2 N–H and O–H groups in total. The molecule has 0 aliphatic carbocycles. The first kappa shape index (κ1) is 17.6. The Morgan fingerprint density at radius 3 is 2.24 bits per heavy atom. The zero-order valence-corrected chi connectivity index (χ0v) is 14.0. The third-order valence-electron chi connectivity index (χ3n) is 3.80. The first-order valence-electron chi connectivity index (χ1n) is 7.02. The molecule has 0 saturated heterocycles. The van der Waals surface area contributed by atoms with Crippen molar-refractivity contribution in [1.29, 1.82) is 0 Å². The number of hydrogen-bond donors (Lipinski definition) is 2. The number of nitrogens with zero attached hydrogens (tertiary/aromatic N) is 2. The Balaban J connectivity index is 2.88. The van der Waals surface area contributed by atoms with Crippen molar-refractivity contribution >= 4 is 23.4 Å². The van der Waals surface area contributed by atoms with E-state index in [-0.39, 0.29) is 17.9 Å². The topological polar surface area (TPSA) is 92.2 Å². The number of amides is 1. The van der Waals surface area contributed by atoms with Gasteiger partial charge in [-0.15, -0.1) is 5.10 Å². The summed E-state index contributed by atoms with van der Waals surface area (Å²) in [6.07, 6.45) is 0.929. The van der Waals surface area contributed by atoms with Gasteiger partial charge >= 0.3 is 5.97 Å². The number of nitrogens with one attached hydrogen (secondary N) is 1. The average molecular weight is 313 g/mol. The second kappa shape index (κ2) is 6.51. The van der Waals surface area contributed by atoms with Crippen LogP contribution in [0.3, 0.4) is 0 Å². The largest absolute Gasteiger partial charge is 0.481 e. The van der Waals surface area contributed by atoms with Gasteiger partial charge in [0.05, 0.1) is 11.1 Å². The standard InChI is InChI=1S/C14H23N3O3S/c1-6-14(7-2,12(19)20)8-15-11(18)9-10(13(3,4)5)16-17-21-9/h6-8H2,1-5H3,(H,15,18)(H,19,20). The molecule has 0 atom stereocenters. The normalized spacial score (nSPS) is 12.2. The highest BCUT2D eigenvalue weighted by atomic mass is 32.1. The number of rotatable bonds is 6. The van der Waals surface area contributed by atoms with Gasteiger partial charge in [0, 0.05) is 12.0 Å². The molecule has 0 fully saturated rings. The predicted octanol–water partition coefficient (Wildman–Crippen LogP) is 2.46. The summed E-state index contributed by atoms with van der Waals surface area (Å²) >= 11 is 1.04. The van der Waals surface area contributed by atoms with Gasteiger partial charge in [0.15, 0.2) is 0 Å². The van der Waals surface area contributed by atoms with Gasteiger partial charge in [0.1, 0.15) is 4.88 Å². The Bertz CT molecular complexity index is 516. The van der Waals surface area contributed by atoms with Crippen LogP contribution < -0.4 is 5.32 Å². The minimum absolute atomic E-state index is 0.107. The maximum Gasteiger partial charge on any atom is 0.311 e. The van der Waals surface area contributed by atoms with Gasteiger partial charge in [0.25, 0.3) is 5.91 Å². The van der Waals surface area contributed by atoms with E-state index in [0.717, 1.165) is 11.5 Å². The Labute approximate surface area is 129 Å². The summed E-state index contributed by atoms with van der Waals surface area (Å²) in [6.45, 7) is 9.62. The number of aliphatic carboxylic acids is 1. The Morgan fingerprint density at radius 1 is 1.24 bits per heavy atom. The zero-order valence-electron chi connectivity index (χ0n) is 13.2. The molecule has 1 heterocycles. The number of hydrogen-bond acceptors (Lipinski definition) is 5. The van der Waals surface area contributed by atoms with Crippen LogP contribution in [0.15, 0.2) is 0 Å². The highest BCUT2D eigenvalue weighted by Gasteiger charge is 2.36. The van der Waals surface area contributed by atoms with E-state index in [9.17, 15) is 14.7 Å². The molecular weight excluding hydrogens is 290 g/mol. The van der Waals surface area contributed by atoms with Crippen LogP contribution in [0.1, 0.15) is 62.8 Å². The molecule has 6 nitrogen and oxygen atoms in total. The molecule has 7 heteroatoms. The Kier molecular flexibility index (Phi) is 5.44. The van der Waals surface area contributed by atoms with Gasteiger partial charge in [0.2, 0.25) is 0 Å². The van der Waals surface area contributed by atoms with Crippen LogP contribution in [-0.4, -0.2) is 33.1 Å². The van der Waals surface area contributed by atoms with E-state index in [0.29, 0.717) is 23.4 Å². The van der Waals surface area contributed by atoms with E-state index in [4.69, 9.17) is 0 Å². The minimum atomic E-state index is -0.921. The van der Waals surface area contributed by atoms with E-state index in [1.54, 1.807) is 0 Å². The molecule has 1 rings (SSSR count). The van der Waals surface area contributed by atoms with E-state index >= 15 is 0 Å². The SMILES string of the molecule is CCC(CC)(CNC(=O)c1snnc1C(C)(C)C)C(=O)O. The molecule has 1 aromatic rings. The highest BCUT2D eigenvalue weighted by Crippen LogP contribution is 2.28. The van der Waals surface area contributed by atoms with Crippen molar-refractivity contribution in [1.82, 2.24) is 14.9 Å². The number of aromatic nitrogens is 2. The van der Waals surface area contributed by atoms with Crippen molar-refractivity contribution in [2.75, 3.05) is 6.54 Å². The predicted molar refractivity (Wildman–Crippen MR) is 81.6 cm³/mol. The quantitative estimate of drug-likeness (QED) is 0.841. The fourth-order valence-electron chi connectivity index (χ4n) is 2.04. The van der Waals surface area contributed by atoms with Crippen LogP contribution in [0, 0.1) is 5.41 Å². The molecule has 0 aliphatic rings.